The zero-order chi connectivity index (χ0) is 31.3. The summed E-state index contributed by atoms with van der Waals surface area (Å²) in [6.45, 7) is 6.56. The fourth-order valence-electron chi connectivity index (χ4n) is 5.43. The van der Waals surface area contributed by atoms with Gasteiger partial charge < -0.3 is 23.4 Å². The van der Waals surface area contributed by atoms with Crippen molar-refractivity contribution in [1.29, 1.82) is 5.26 Å². The van der Waals surface area contributed by atoms with Crippen LogP contribution in [0, 0.1) is 24.1 Å². The Hall–Kier alpha value is -5.21. The van der Waals surface area contributed by atoms with E-state index in [4.69, 9.17) is 19.6 Å². The number of fused-ring (bicyclic) bond motifs is 1. The number of nitriles is 1. The number of carbonyl (C=O) groups excluding carboxylic acids is 1. The maximum absolute atomic E-state index is 14.2. The molecule has 0 unspecified atom stereocenters. The standard InChI is InChI=1S/C34H33FN6O4/c1-3-39-22-37-19-27(39)20-41-23(2)38-32-10-9-25(16-33(32)41)34(42)45-40-13-11-28(12-14-40)44-30-6-4-5-29(17-30)43-21-26-8-7-24(18-36)15-31(26)35/h4-10,15-17,19,22,28H,3,11-14,20-21H2,1-2H3. The lowest BCUT2D eigenvalue weighted by Gasteiger charge is -2.30. The smallest absolute Gasteiger partial charge is 0.357 e. The summed E-state index contributed by atoms with van der Waals surface area (Å²) < 4.78 is 30.3. The van der Waals surface area contributed by atoms with Crippen molar-refractivity contribution < 1.29 is 23.5 Å². The largest absolute Gasteiger partial charge is 0.490 e. The highest BCUT2D eigenvalue weighted by atomic mass is 19.1. The number of hydrogen-bond acceptors (Lipinski definition) is 8. The summed E-state index contributed by atoms with van der Waals surface area (Å²) in [5.74, 6) is 1.16. The zero-order valence-electron chi connectivity index (χ0n) is 25.1. The first kappa shape index (κ1) is 29.8. The highest BCUT2D eigenvalue weighted by Crippen LogP contribution is 2.26. The van der Waals surface area contributed by atoms with E-state index in [-0.39, 0.29) is 18.3 Å². The van der Waals surface area contributed by atoms with Gasteiger partial charge in [0.05, 0.1) is 46.8 Å². The van der Waals surface area contributed by atoms with Crippen LogP contribution in [0.2, 0.25) is 0 Å². The van der Waals surface area contributed by atoms with E-state index in [2.05, 4.69) is 26.0 Å². The van der Waals surface area contributed by atoms with E-state index in [1.54, 1.807) is 35.4 Å². The van der Waals surface area contributed by atoms with Gasteiger partial charge in [-0.15, -0.1) is 5.06 Å². The lowest BCUT2D eigenvalue weighted by Crippen LogP contribution is -2.39. The molecule has 230 valence electrons. The average molecular weight is 609 g/mol. The van der Waals surface area contributed by atoms with E-state index in [0.29, 0.717) is 55.1 Å². The molecule has 1 saturated heterocycles. The normalized spacial score (nSPS) is 13.9. The van der Waals surface area contributed by atoms with Crippen LogP contribution < -0.4 is 9.47 Å². The minimum absolute atomic E-state index is 0.0319. The predicted octanol–water partition coefficient (Wildman–Crippen LogP) is 5.81. The average Bonchev–Trinajstić information content (AvgIpc) is 3.64. The first-order valence-electron chi connectivity index (χ1n) is 14.9. The SMILES string of the molecule is CCn1cncc1Cn1c(C)nc2ccc(C(=O)ON3CCC(Oc4cccc(OCc5ccc(C#N)cc5F)c4)CC3)cc21. The van der Waals surface area contributed by atoms with Crippen molar-refractivity contribution in [2.24, 2.45) is 0 Å². The Labute approximate surface area is 260 Å². The molecule has 0 bridgehead atoms. The van der Waals surface area contributed by atoms with Crippen molar-refractivity contribution in [2.75, 3.05) is 13.1 Å². The minimum atomic E-state index is -0.479. The number of piperidine rings is 1. The Morgan fingerprint density at radius 2 is 1.91 bits per heavy atom. The molecule has 1 aliphatic heterocycles. The van der Waals surface area contributed by atoms with Gasteiger partial charge in [0.25, 0.3) is 0 Å². The molecule has 0 amide bonds. The van der Waals surface area contributed by atoms with Gasteiger partial charge in [-0.1, -0.05) is 12.1 Å². The Bertz CT molecular complexity index is 1870. The van der Waals surface area contributed by atoms with Crippen molar-refractivity contribution in [3.8, 4) is 17.6 Å². The number of nitrogens with zero attached hydrogens (tertiary/aromatic N) is 6. The van der Waals surface area contributed by atoms with Crippen molar-refractivity contribution >= 4 is 17.0 Å². The Morgan fingerprint density at radius 1 is 1.09 bits per heavy atom. The number of hydrogen-bond donors (Lipinski definition) is 0. The number of halogens is 1. The molecule has 0 saturated carbocycles. The predicted molar refractivity (Wildman–Crippen MR) is 164 cm³/mol. The molecule has 6 rings (SSSR count). The number of rotatable bonds is 10. The van der Waals surface area contributed by atoms with E-state index < -0.39 is 11.8 Å². The third-order valence-corrected chi connectivity index (χ3v) is 7.93. The number of benzene rings is 3. The number of ether oxygens (including phenoxy) is 2. The molecule has 1 fully saturated rings. The molecule has 2 aromatic heterocycles. The maximum Gasteiger partial charge on any atom is 0.357 e. The van der Waals surface area contributed by atoms with Crippen molar-refractivity contribution in [1.82, 2.24) is 24.2 Å². The monoisotopic (exact) mass is 608 g/mol. The molecule has 3 heterocycles. The number of carbonyl (C=O) groups is 1. The van der Waals surface area contributed by atoms with Crippen LogP contribution in [-0.4, -0.2) is 49.3 Å². The van der Waals surface area contributed by atoms with E-state index in [0.717, 1.165) is 29.1 Å². The lowest BCUT2D eigenvalue weighted by molar-refractivity contribution is -0.131. The van der Waals surface area contributed by atoms with Crippen LogP contribution in [0.25, 0.3) is 11.0 Å². The van der Waals surface area contributed by atoms with Gasteiger partial charge in [-0.05, 0) is 56.3 Å². The molecular weight excluding hydrogens is 575 g/mol. The van der Waals surface area contributed by atoms with E-state index in [9.17, 15) is 9.18 Å². The molecule has 45 heavy (non-hydrogen) atoms. The van der Waals surface area contributed by atoms with Crippen LogP contribution >= 0.6 is 0 Å². The van der Waals surface area contributed by atoms with E-state index >= 15 is 0 Å². The number of aromatic nitrogens is 4. The van der Waals surface area contributed by atoms with E-state index in [1.165, 1.54) is 6.07 Å². The van der Waals surface area contributed by atoms with Crippen molar-refractivity contribution in [2.45, 2.75) is 52.5 Å². The number of imidazole rings is 2. The Kier molecular flexibility index (Phi) is 8.75. The topological polar surface area (TPSA) is 107 Å². The van der Waals surface area contributed by atoms with Gasteiger partial charge in [-0.2, -0.15) is 5.26 Å². The van der Waals surface area contributed by atoms with Gasteiger partial charge in [0, 0.05) is 50.3 Å². The summed E-state index contributed by atoms with van der Waals surface area (Å²) in [7, 11) is 0. The summed E-state index contributed by atoms with van der Waals surface area (Å²) in [6, 6.07) is 18.9. The number of aryl methyl sites for hydroxylation is 2. The molecule has 0 atom stereocenters. The van der Waals surface area contributed by atoms with Gasteiger partial charge >= 0.3 is 5.97 Å². The first-order valence-corrected chi connectivity index (χ1v) is 14.9. The molecule has 0 aliphatic carbocycles. The molecule has 10 nitrogen and oxygen atoms in total. The van der Waals surface area contributed by atoms with Gasteiger partial charge in [-0.25, -0.2) is 19.2 Å². The molecule has 11 heteroatoms. The summed E-state index contributed by atoms with van der Waals surface area (Å²) in [5.41, 5.74) is 3.84. The molecule has 5 aromatic rings. The second-order valence-corrected chi connectivity index (χ2v) is 10.9. The van der Waals surface area contributed by atoms with Crippen molar-refractivity contribution in [3.05, 3.63) is 107 Å². The third-order valence-electron chi connectivity index (χ3n) is 7.93. The van der Waals surface area contributed by atoms with Crippen LogP contribution in [0.15, 0.2) is 73.2 Å². The van der Waals surface area contributed by atoms with Crippen LogP contribution in [-0.2, 0) is 24.5 Å². The summed E-state index contributed by atoms with van der Waals surface area (Å²) >= 11 is 0. The summed E-state index contributed by atoms with van der Waals surface area (Å²) in [4.78, 5) is 27.8. The van der Waals surface area contributed by atoms with Crippen LogP contribution in [0.5, 0.6) is 11.5 Å². The maximum atomic E-state index is 14.2. The quantitative estimate of drug-likeness (QED) is 0.195. The molecule has 1 aliphatic rings. The first-order chi connectivity index (χ1) is 21.9. The summed E-state index contributed by atoms with van der Waals surface area (Å²) in [5, 5.41) is 10.6. The minimum Gasteiger partial charge on any atom is -0.490 e. The van der Waals surface area contributed by atoms with Gasteiger partial charge in [0.1, 0.15) is 35.9 Å². The highest BCUT2D eigenvalue weighted by Gasteiger charge is 2.24. The second kappa shape index (κ2) is 13.2. The van der Waals surface area contributed by atoms with Gasteiger partial charge in [0.15, 0.2) is 0 Å². The number of hydroxylamine groups is 2. The van der Waals surface area contributed by atoms with Crippen molar-refractivity contribution in [3.63, 3.8) is 0 Å². The summed E-state index contributed by atoms with van der Waals surface area (Å²) in [6.07, 6.45) is 4.95. The highest BCUT2D eigenvalue weighted by molar-refractivity contribution is 5.93. The van der Waals surface area contributed by atoms with Gasteiger partial charge in [-0.3, -0.25) is 0 Å². The molecular formula is C34H33FN6O4. The van der Waals surface area contributed by atoms with Crippen LogP contribution in [0.4, 0.5) is 4.39 Å². The fourth-order valence-corrected chi connectivity index (χ4v) is 5.43. The Balaban J connectivity index is 1.02. The lowest BCUT2D eigenvalue weighted by atomic mass is 10.1. The van der Waals surface area contributed by atoms with Gasteiger partial charge in [0.2, 0.25) is 0 Å². The molecule has 0 N–H and O–H groups in total. The molecule has 0 radical (unpaired) electrons. The van der Waals surface area contributed by atoms with Crippen LogP contribution in [0.3, 0.4) is 0 Å². The fraction of sp³-hybridized carbons (Fsp3) is 0.294. The second-order valence-electron chi connectivity index (χ2n) is 10.9. The van der Waals surface area contributed by atoms with E-state index in [1.807, 2.05) is 49.8 Å². The third kappa shape index (κ3) is 6.81. The zero-order valence-corrected chi connectivity index (χ0v) is 25.1. The molecule has 3 aromatic carbocycles. The Morgan fingerprint density at radius 3 is 2.69 bits per heavy atom. The molecule has 0 spiro atoms. The van der Waals surface area contributed by atoms with Crippen LogP contribution in [0.1, 0.15) is 52.8 Å².